The highest BCUT2D eigenvalue weighted by Gasteiger charge is 2.45. The number of aromatic hydroxyl groups is 1. The van der Waals surface area contributed by atoms with Gasteiger partial charge in [0, 0.05) is 25.2 Å². The number of ether oxygens (including phenoxy) is 2. The Bertz CT molecular complexity index is 1080. The van der Waals surface area contributed by atoms with Gasteiger partial charge in [0.15, 0.2) is 0 Å². The summed E-state index contributed by atoms with van der Waals surface area (Å²) in [6, 6.07) is 3.34. The van der Waals surface area contributed by atoms with Crippen LogP contribution in [0.25, 0.3) is 0 Å². The first kappa shape index (κ1) is 26.4. The third-order valence-electron chi connectivity index (χ3n) is 8.65. The van der Waals surface area contributed by atoms with Crippen LogP contribution in [0.1, 0.15) is 52.0 Å². The minimum Gasteiger partial charge on any atom is -0.508 e. The van der Waals surface area contributed by atoms with Gasteiger partial charge in [-0.25, -0.2) is 0 Å². The number of phenols is 1. The van der Waals surface area contributed by atoms with Crippen molar-refractivity contribution in [1.29, 1.82) is 0 Å². The van der Waals surface area contributed by atoms with Crippen LogP contribution >= 0.6 is 0 Å². The van der Waals surface area contributed by atoms with Gasteiger partial charge in [0.05, 0.1) is 19.8 Å². The summed E-state index contributed by atoms with van der Waals surface area (Å²) >= 11 is 0. The zero-order valence-corrected chi connectivity index (χ0v) is 22.9. The number of allylic oxidation sites excluding steroid dienone is 6. The van der Waals surface area contributed by atoms with Crippen molar-refractivity contribution in [1.82, 2.24) is 4.90 Å². The summed E-state index contributed by atoms with van der Waals surface area (Å²) in [4.78, 5) is 2.41. The first-order chi connectivity index (χ1) is 17.3. The number of hydrogen-bond acceptors (Lipinski definition) is 4. The fraction of sp³-hybridized carbons (Fsp3) is 0.562. The van der Waals surface area contributed by atoms with Crippen molar-refractivity contribution in [3.8, 4) is 17.2 Å². The van der Waals surface area contributed by atoms with Gasteiger partial charge in [-0.1, -0.05) is 42.5 Å². The molecule has 0 heterocycles. The van der Waals surface area contributed by atoms with Gasteiger partial charge in [-0.2, -0.15) is 0 Å². The van der Waals surface area contributed by atoms with E-state index in [0.717, 1.165) is 24.4 Å². The number of methoxy groups -OCH3 is 2. The van der Waals surface area contributed by atoms with Crippen LogP contribution in [0.3, 0.4) is 0 Å². The van der Waals surface area contributed by atoms with Gasteiger partial charge in [-0.05, 0) is 93.4 Å². The molecular formula is C32H43NO3. The Balaban J connectivity index is 1.66. The standard InChI is InChI=1S/C32H43NO3/c1-7-27-25(19-33(4)20-30-31(35-5)17-26(34)18-32(30)36-6)15-23-12-13-24-16-29(24)28(27)11-9-8-10-21(2)22(3)14-23/h10-13,17-18,23-25,27-29,34H,7,14-16,19-20H2,1-6H3. The monoisotopic (exact) mass is 489 g/mol. The Morgan fingerprint density at radius 2 is 1.78 bits per heavy atom. The summed E-state index contributed by atoms with van der Waals surface area (Å²) in [5.74, 6) is 5.16. The van der Waals surface area contributed by atoms with E-state index >= 15 is 0 Å². The smallest absolute Gasteiger partial charge is 0.130 e. The number of fused-ring (bicyclic) bond motifs is 6. The Kier molecular flexibility index (Phi) is 8.52. The zero-order chi connectivity index (χ0) is 25.8. The molecule has 0 aromatic heterocycles. The first-order valence-electron chi connectivity index (χ1n) is 13.5. The van der Waals surface area contributed by atoms with Gasteiger partial charge in [-0.3, -0.25) is 0 Å². The highest BCUT2D eigenvalue weighted by Crippen LogP contribution is 2.52. The van der Waals surface area contributed by atoms with Crippen molar-refractivity contribution in [3.63, 3.8) is 0 Å². The minimum absolute atomic E-state index is 0.155. The Labute approximate surface area is 217 Å². The highest BCUT2D eigenvalue weighted by molar-refractivity contribution is 5.50. The lowest BCUT2D eigenvalue weighted by Crippen LogP contribution is -2.34. The number of rotatable bonds is 7. The molecule has 0 aliphatic heterocycles. The number of nitrogens with zero attached hydrogens (tertiary/aromatic N) is 1. The van der Waals surface area contributed by atoms with E-state index in [1.165, 1.54) is 30.4 Å². The fourth-order valence-corrected chi connectivity index (χ4v) is 6.52. The molecule has 0 saturated heterocycles. The second kappa shape index (κ2) is 11.6. The Morgan fingerprint density at radius 3 is 2.44 bits per heavy atom. The summed E-state index contributed by atoms with van der Waals surface area (Å²) in [6.07, 6.45) is 14.3. The van der Waals surface area contributed by atoms with Gasteiger partial charge in [0.1, 0.15) is 17.2 Å². The van der Waals surface area contributed by atoms with Crippen molar-refractivity contribution in [2.45, 2.75) is 53.0 Å². The number of phenolic OH excluding ortho intramolecular Hbond substituents is 1. The van der Waals surface area contributed by atoms with E-state index in [-0.39, 0.29) is 5.75 Å². The van der Waals surface area contributed by atoms with Crippen LogP contribution in [0.2, 0.25) is 0 Å². The number of hydrogen-bond donors (Lipinski definition) is 1. The summed E-state index contributed by atoms with van der Waals surface area (Å²) in [5, 5.41) is 10.1. The van der Waals surface area contributed by atoms with Gasteiger partial charge >= 0.3 is 0 Å². The van der Waals surface area contributed by atoms with Crippen molar-refractivity contribution < 1.29 is 14.6 Å². The van der Waals surface area contributed by atoms with Gasteiger partial charge in [-0.15, -0.1) is 0 Å². The lowest BCUT2D eigenvalue weighted by molar-refractivity contribution is 0.147. The van der Waals surface area contributed by atoms with Gasteiger partial charge < -0.3 is 19.5 Å². The average Bonchev–Trinajstić information content (AvgIpc) is 3.62. The second-order valence-electron chi connectivity index (χ2n) is 11.1. The van der Waals surface area contributed by atoms with E-state index in [9.17, 15) is 5.11 Å². The van der Waals surface area contributed by atoms with Crippen molar-refractivity contribution >= 4 is 0 Å². The fourth-order valence-electron chi connectivity index (χ4n) is 6.52. The molecule has 1 aromatic rings. The summed E-state index contributed by atoms with van der Waals surface area (Å²) in [6.45, 7) is 8.53. The topological polar surface area (TPSA) is 41.9 Å². The van der Waals surface area contributed by atoms with Crippen LogP contribution < -0.4 is 9.47 Å². The van der Waals surface area contributed by atoms with Crippen molar-refractivity contribution in [2.24, 2.45) is 35.5 Å². The predicted octanol–water partition coefficient (Wildman–Crippen LogP) is 6.92. The van der Waals surface area contributed by atoms with Crippen molar-refractivity contribution in [2.75, 3.05) is 27.8 Å². The molecule has 2 bridgehead atoms. The van der Waals surface area contributed by atoms with Crippen LogP contribution in [-0.4, -0.2) is 37.8 Å². The largest absolute Gasteiger partial charge is 0.508 e. The summed E-state index contributed by atoms with van der Waals surface area (Å²) in [5.41, 5.74) is 10.5. The Hall–Kier alpha value is -2.64. The molecule has 194 valence electrons. The SMILES string of the molecule is CCC1C(CN(C)Cc2c(OC)cc(O)cc2OC)CC2C=CC3CC3C1C=C=C=CC(C)=C(C)C2. The second-order valence-corrected chi connectivity index (χ2v) is 11.1. The maximum atomic E-state index is 10.1. The molecule has 1 fully saturated rings. The lowest BCUT2D eigenvalue weighted by atomic mass is 9.73. The average molecular weight is 490 g/mol. The summed E-state index contributed by atoms with van der Waals surface area (Å²) < 4.78 is 11.2. The zero-order valence-electron chi connectivity index (χ0n) is 22.9. The molecular weight excluding hydrogens is 446 g/mol. The van der Waals surface area contributed by atoms with Crippen LogP contribution in [0.15, 0.2) is 59.0 Å². The van der Waals surface area contributed by atoms with Gasteiger partial charge in [0.2, 0.25) is 0 Å². The van der Waals surface area contributed by atoms with E-state index < -0.39 is 0 Å². The predicted molar refractivity (Wildman–Crippen MR) is 146 cm³/mol. The third-order valence-corrected chi connectivity index (χ3v) is 8.65. The first-order valence-corrected chi connectivity index (χ1v) is 13.5. The number of benzene rings is 1. The van der Waals surface area contributed by atoms with E-state index in [0.29, 0.717) is 47.6 Å². The Morgan fingerprint density at radius 1 is 1.06 bits per heavy atom. The molecule has 3 aliphatic carbocycles. The van der Waals surface area contributed by atoms with Gasteiger partial charge in [0.25, 0.3) is 0 Å². The molecule has 36 heavy (non-hydrogen) atoms. The molecule has 0 amide bonds. The van der Waals surface area contributed by atoms with E-state index in [4.69, 9.17) is 9.47 Å². The highest BCUT2D eigenvalue weighted by atomic mass is 16.5. The van der Waals surface area contributed by atoms with Crippen LogP contribution in [-0.2, 0) is 6.54 Å². The molecule has 4 rings (SSSR count). The van der Waals surface area contributed by atoms with Crippen LogP contribution in [0, 0.1) is 35.5 Å². The third kappa shape index (κ3) is 6.01. The molecule has 3 aliphatic rings. The maximum Gasteiger partial charge on any atom is 0.130 e. The molecule has 4 heteroatoms. The summed E-state index contributed by atoms with van der Waals surface area (Å²) in [7, 11) is 5.49. The van der Waals surface area contributed by atoms with Crippen molar-refractivity contribution in [3.05, 3.63) is 64.6 Å². The van der Waals surface area contributed by atoms with E-state index in [1.807, 2.05) is 0 Å². The minimum atomic E-state index is 0.155. The molecule has 6 atom stereocenters. The molecule has 1 aromatic carbocycles. The molecule has 6 unspecified atom stereocenters. The van der Waals surface area contributed by atoms with E-state index in [2.05, 4.69) is 68.5 Å². The molecule has 0 spiro atoms. The van der Waals surface area contributed by atoms with E-state index in [1.54, 1.807) is 26.4 Å². The van der Waals surface area contributed by atoms with Crippen LogP contribution in [0.4, 0.5) is 0 Å². The molecule has 4 nitrogen and oxygen atoms in total. The quantitative estimate of drug-likeness (QED) is 0.333. The normalized spacial score (nSPS) is 29.4. The molecule has 0 radical (unpaired) electrons. The molecule has 1 saturated carbocycles. The van der Waals surface area contributed by atoms with Crippen LogP contribution in [0.5, 0.6) is 17.2 Å². The molecule has 1 N–H and O–H groups in total. The lowest BCUT2D eigenvalue weighted by Gasteiger charge is -2.36. The maximum absolute atomic E-state index is 10.1.